The fourth-order valence-corrected chi connectivity index (χ4v) is 3.39. The monoisotopic (exact) mass is 312 g/mol. The molecule has 0 unspecified atom stereocenters. The van der Waals surface area contributed by atoms with Crippen LogP contribution in [0.4, 0.5) is 0 Å². The third-order valence-corrected chi connectivity index (χ3v) is 4.08. The molecule has 0 atom stereocenters. The number of rotatable bonds is 4. The van der Waals surface area contributed by atoms with Gasteiger partial charge in [-0.05, 0) is 51.9 Å². The fourth-order valence-electron chi connectivity index (χ4n) is 2.71. The van der Waals surface area contributed by atoms with Crippen LogP contribution < -0.4 is 4.74 Å². The fraction of sp³-hybridized carbons (Fsp3) is 0.500. The first kappa shape index (κ1) is 13.4. The largest absolute Gasteiger partial charge is 0.495 e. The number of halogens is 1. The van der Waals surface area contributed by atoms with Crippen LogP contribution in [0.15, 0.2) is 16.6 Å². The van der Waals surface area contributed by atoms with Gasteiger partial charge in [-0.3, -0.25) is 4.79 Å². The van der Waals surface area contributed by atoms with E-state index in [0.29, 0.717) is 5.92 Å². The predicted octanol–water partition coefficient (Wildman–Crippen LogP) is 3.74. The van der Waals surface area contributed by atoms with E-state index in [1.807, 2.05) is 12.1 Å². The summed E-state index contributed by atoms with van der Waals surface area (Å²) in [6, 6.07) is 3.83. The first-order chi connectivity index (χ1) is 8.61. The van der Waals surface area contributed by atoms with Gasteiger partial charge in [0, 0.05) is 0 Å². The molecule has 1 saturated carbocycles. The summed E-state index contributed by atoms with van der Waals surface area (Å²) >= 11 is 3.48. The first-order valence-corrected chi connectivity index (χ1v) is 6.99. The van der Waals surface area contributed by atoms with Crippen molar-refractivity contribution in [1.82, 2.24) is 0 Å². The van der Waals surface area contributed by atoms with Crippen molar-refractivity contribution in [2.24, 2.45) is 0 Å². The molecule has 1 aliphatic carbocycles. The third kappa shape index (κ3) is 2.86. The summed E-state index contributed by atoms with van der Waals surface area (Å²) < 4.78 is 6.31. The second-order valence-electron chi connectivity index (χ2n) is 4.75. The number of carboxylic acid groups (broad SMARTS) is 1. The molecule has 0 amide bonds. The summed E-state index contributed by atoms with van der Waals surface area (Å²) in [5, 5.41) is 8.89. The van der Waals surface area contributed by atoms with E-state index in [2.05, 4.69) is 15.9 Å². The van der Waals surface area contributed by atoms with Gasteiger partial charge >= 0.3 is 5.97 Å². The molecule has 4 heteroatoms. The van der Waals surface area contributed by atoms with Crippen molar-refractivity contribution in [1.29, 1.82) is 0 Å². The van der Waals surface area contributed by atoms with Gasteiger partial charge < -0.3 is 9.84 Å². The molecule has 1 fully saturated rings. The van der Waals surface area contributed by atoms with Gasteiger partial charge in [0.05, 0.1) is 18.0 Å². The highest BCUT2D eigenvalue weighted by atomic mass is 79.9. The number of aliphatic carboxylic acids is 1. The van der Waals surface area contributed by atoms with E-state index in [0.717, 1.165) is 21.3 Å². The van der Waals surface area contributed by atoms with Crippen molar-refractivity contribution >= 4 is 21.9 Å². The number of carboxylic acids is 1. The number of ether oxygens (including phenoxy) is 1. The summed E-state index contributed by atoms with van der Waals surface area (Å²) in [5.41, 5.74) is 1.98. The lowest BCUT2D eigenvalue weighted by molar-refractivity contribution is -0.136. The van der Waals surface area contributed by atoms with Crippen molar-refractivity contribution in [2.75, 3.05) is 7.11 Å². The van der Waals surface area contributed by atoms with Crippen molar-refractivity contribution < 1.29 is 14.6 Å². The van der Waals surface area contributed by atoms with Crippen LogP contribution in [0.25, 0.3) is 0 Å². The molecular weight excluding hydrogens is 296 g/mol. The summed E-state index contributed by atoms with van der Waals surface area (Å²) in [7, 11) is 1.66. The lowest BCUT2D eigenvalue weighted by Crippen LogP contribution is -2.04. The Morgan fingerprint density at radius 3 is 2.67 bits per heavy atom. The highest BCUT2D eigenvalue weighted by Crippen LogP contribution is 2.42. The van der Waals surface area contributed by atoms with E-state index < -0.39 is 5.97 Å². The van der Waals surface area contributed by atoms with E-state index in [1.165, 1.54) is 25.7 Å². The van der Waals surface area contributed by atoms with Gasteiger partial charge in [-0.25, -0.2) is 0 Å². The first-order valence-electron chi connectivity index (χ1n) is 6.20. The van der Waals surface area contributed by atoms with Gasteiger partial charge in [0.2, 0.25) is 0 Å². The zero-order valence-corrected chi connectivity index (χ0v) is 12.0. The van der Waals surface area contributed by atoms with Crippen LogP contribution in [-0.2, 0) is 11.2 Å². The molecule has 0 spiro atoms. The van der Waals surface area contributed by atoms with Gasteiger partial charge in [-0.2, -0.15) is 0 Å². The lowest BCUT2D eigenvalue weighted by atomic mass is 9.94. The van der Waals surface area contributed by atoms with Crippen molar-refractivity contribution in [2.45, 2.75) is 38.0 Å². The van der Waals surface area contributed by atoms with Gasteiger partial charge in [-0.1, -0.05) is 18.9 Å². The SMILES string of the molecule is COc1c(Br)cc(CC(=O)O)cc1C1CCCC1. The van der Waals surface area contributed by atoms with Crippen LogP contribution in [0.3, 0.4) is 0 Å². The zero-order valence-electron chi connectivity index (χ0n) is 10.4. The van der Waals surface area contributed by atoms with Gasteiger partial charge in [0.25, 0.3) is 0 Å². The Morgan fingerprint density at radius 2 is 2.11 bits per heavy atom. The molecule has 1 aromatic carbocycles. The molecule has 0 radical (unpaired) electrons. The maximum Gasteiger partial charge on any atom is 0.307 e. The smallest absolute Gasteiger partial charge is 0.307 e. The summed E-state index contributed by atoms with van der Waals surface area (Å²) in [5.74, 6) is 0.561. The molecule has 3 nitrogen and oxygen atoms in total. The van der Waals surface area contributed by atoms with Crippen molar-refractivity contribution in [3.05, 3.63) is 27.7 Å². The highest BCUT2D eigenvalue weighted by Gasteiger charge is 2.23. The highest BCUT2D eigenvalue weighted by molar-refractivity contribution is 9.10. The second-order valence-corrected chi connectivity index (χ2v) is 5.61. The molecule has 1 aliphatic rings. The Kier molecular flexibility index (Phi) is 4.27. The molecule has 1 aromatic rings. The summed E-state index contributed by atoms with van der Waals surface area (Å²) in [6.07, 6.45) is 4.88. The Labute approximate surface area is 115 Å². The van der Waals surface area contributed by atoms with Crippen LogP contribution >= 0.6 is 15.9 Å². The number of hydrogen-bond acceptors (Lipinski definition) is 2. The van der Waals surface area contributed by atoms with Crippen LogP contribution in [0.1, 0.15) is 42.7 Å². The Morgan fingerprint density at radius 1 is 1.44 bits per heavy atom. The quantitative estimate of drug-likeness (QED) is 0.921. The summed E-state index contributed by atoms with van der Waals surface area (Å²) in [4.78, 5) is 10.8. The number of methoxy groups -OCH3 is 1. The molecular formula is C14H17BrO3. The molecule has 18 heavy (non-hydrogen) atoms. The molecule has 0 heterocycles. The normalized spacial score (nSPS) is 15.9. The van der Waals surface area contributed by atoms with E-state index in [-0.39, 0.29) is 6.42 Å². The van der Waals surface area contributed by atoms with Gasteiger partial charge in [-0.15, -0.1) is 0 Å². The van der Waals surface area contributed by atoms with Crippen LogP contribution in [0.5, 0.6) is 5.75 Å². The van der Waals surface area contributed by atoms with E-state index in [9.17, 15) is 4.79 Å². The zero-order chi connectivity index (χ0) is 13.1. The average Bonchev–Trinajstić information content (AvgIpc) is 2.80. The Hall–Kier alpha value is -1.03. The molecule has 98 valence electrons. The van der Waals surface area contributed by atoms with Crippen molar-refractivity contribution in [3.8, 4) is 5.75 Å². The minimum atomic E-state index is -0.801. The van der Waals surface area contributed by atoms with E-state index >= 15 is 0 Å². The maximum atomic E-state index is 10.8. The predicted molar refractivity (Wildman–Crippen MR) is 73.2 cm³/mol. The second kappa shape index (κ2) is 5.74. The van der Waals surface area contributed by atoms with E-state index in [1.54, 1.807) is 7.11 Å². The maximum absolute atomic E-state index is 10.8. The standard InChI is InChI=1S/C14H17BrO3/c1-18-14-11(10-4-2-3-5-10)6-9(7-12(14)15)8-13(16)17/h6-7,10H,2-5,8H2,1H3,(H,16,17). The third-order valence-electron chi connectivity index (χ3n) is 3.49. The minimum absolute atomic E-state index is 0.0579. The van der Waals surface area contributed by atoms with Gasteiger partial charge in [0.15, 0.2) is 0 Å². The average molecular weight is 313 g/mol. The van der Waals surface area contributed by atoms with Crippen LogP contribution in [0, 0.1) is 0 Å². The molecule has 2 rings (SSSR count). The molecule has 1 N–H and O–H groups in total. The summed E-state index contributed by atoms with van der Waals surface area (Å²) in [6.45, 7) is 0. The molecule has 0 bridgehead atoms. The van der Waals surface area contributed by atoms with Crippen molar-refractivity contribution in [3.63, 3.8) is 0 Å². The van der Waals surface area contributed by atoms with Gasteiger partial charge in [0.1, 0.15) is 5.75 Å². The topological polar surface area (TPSA) is 46.5 Å². The van der Waals surface area contributed by atoms with E-state index in [4.69, 9.17) is 9.84 Å². The van der Waals surface area contributed by atoms with Crippen LogP contribution in [0.2, 0.25) is 0 Å². The number of benzene rings is 1. The number of carbonyl (C=O) groups is 1. The minimum Gasteiger partial charge on any atom is -0.495 e. The lowest BCUT2D eigenvalue weighted by Gasteiger charge is -2.17. The van der Waals surface area contributed by atoms with Crippen LogP contribution in [-0.4, -0.2) is 18.2 Å². The number of hydrogen-bond donors (Lipinski definition) is 1. The molecule has 0 aromatic heterocycles. The Bertz CT molecular complexity index is 451. The molecule has 0 saturated heterocycles. The Balaban J connectivity index is 2.39. The molecule has 0 aliphatic heterocycles.